The molecule has 0 heterocycles. The fraction of sp³-hybridized carbons (Fsp3) is 0.727. The van der Waals surface area contributed by atoms with Crippen molar-refractivity contribution in [2.45, 2.75) is 40.5 Å². The highest BCUT2D eigenvalue weighted by atomic mass is 16.4. The van der Waals surface area contributed by atoms with E-state index in [0.717, 1.165) is 6.29 Å². The van der Waals surface area contributed by atoms with Gasteiger partial charge in [-0.15, -0.1) is 0 Å². The van der Waals surface area contributed by atoms with Crippen molar-refractivity contribution in [3.8, 4) is 0 Å². The Morgan fingerprint density at radius 3 is 1.67 bits per heavy atom. The summed E-state index contributed by atoms with van der Waals surface area (Å²) in [5.74, 6) is -1.37. The molecule has 4 heteroatoms. The lowest BCUT2D eigenvalue weighted by atomic mass is 10.1. The topological polar surface area (TPSA) is 71.4 Å². The molecular formula is C11H20O4. The van der Waals surface area contributed by atoms with Crippen LogP contribution < -0.4 is 0 Å². The lowest BCUT2D eigenvalue weighted by Gasteiger charge is -1.97. The van der Waals surface area contributed by atoms with Gasteiger partial charge in [-0.3, -0.25) is 4.79 Å². The highest BCUT2D eigenvalue weighted by molar-refractivity contribution is 6.32. The molecule has 0 atom stereocenters. The minimum absolute atomic E-state index is 0.133. The third-order valence-electron chi connectivity index (χ3n) is 1.40. The standard InChI is InChI=1S/C6H10O3.C5H10O/c1-4(2)3-5(7)6(8)9;1-5(2)3-4-6/h4H,3H2,1-2H3,(H,8,9);4-5H,3H2,1-2H3. The number of ketones is 1. The number of Topliss-reactive ketones (excluding diaryl/α,β-unsaturated/α-hetero) is 1. The van der Waals surface area contributed by atoms with E-state index in [9.17, 15) is 14.4 Å². The molecule has 0 radical (unpaired) electrons. The Balaban J connectivity index is 0. The van der Waals surface area contributed by atoms with E-state index in [4.69, 9.17) is 5.11 Å². The van der Waals surface area contributed by atoms with Gasteiger partial charge >= 0.3 is 5.97 Å². The third kappa shape index (κ3) is 15.6. The van der Waals surface area contributed by atoms with Crippen LogP contribution in [0.15, 0.2) is 0 Å². The van der Waals surface area contributed by atoms with Crippen LogP contribution in [-0.4, -0.2) is 23.1 Å². The van der Waals surface area contributed by atoms with E-state index in [1.165, 1.54) is 0 Å². The van der Waals surface area contributed by atoms with Gasteiger partial charge < -0.3 is 9.90 Å². The van der Waals surface area contributed by atoms with E-state index >= 15 is 0 Å². The highest BCUT2D eigenvalue weighted by Gasteiger charge is 2.11. The van der Waals surface area contributed by atoms with Crippen molar-refractivity contribution in [3.05, 3.63) is 0 Å². The minimum Gasteiger partial charge on any atom is -0.476 e. The van der Waals surface area contributed by atoms with Gasteiger partial charge in [-0.25, -0.2) is 4.79 Å². The summed E-state index contributed by atoms with van der Waals surface area (Å²) in [6.45, 7) is 7.66. The number of carbonyl (C=O) groups excluding carboxylic acids is 2. The molecule has 0 spiro atoms. The Bertz CT molecular complexity index is 207. The molecule has 1 N–H and O–H groups in total. The molecule has 15 heavy (non-hydrogen) atoms. The van der Waals surface area contributed by atoms with Crippen LogP contribution in [0.5, 0.6) is 0 Å². The maximum atomic E-state index is 10.4. The first kappa shape index (κ1) is 16.2. The predicted octanol–water partition coefficient (Wildman–Crippen LogP) is 1.92. The summed E-state index contributed by atoms with van der Waals surface area (Å²) in [5, 5.41) is 8.08. The average molecular weight is 216 g/mol. The molecule has 0 aliphatic heterocycles. The van der Waals surface area contributed by atoms with Crippen molar-refractivity contribution < 1.29 is 19.5 Å². The Kier molecular flexibility index (Phi) is 10.1. The maximum absolute atomic E-state index is 10.4. The lowest BCUT2D eigenvalue weighted by Crippen LogP contribution is -2.14. The number of carboxylic acid groups (broad SMARTS) is 1. The van der Waals surface area contributed by atoms with Gasteiger partial charge in [0.2, 0.25) is 5.78 Å². The first-order valence-corrected chi connectivity index (χ1v) is 5.01. The van der Waals surface area contributed by atoms with E-state index < -0.39 is 11.8 Å². The molecule has 88 valence electrons. The van der Waals surface area contributed by atoms with Crippen LogP contribution in [0.4, 0.5) is 0 Å². The molecule has 0 unspecified atom stereocenters. The molecule has 0 bridgehead atoms. The normalized spacial score (nSPS) is 9.47. The van der Waals surface area contributed by atoms with E-state index in [1.54, 1.807) is 13.8 Å². The Morgan fingerprint density at radius 1 is 1.13 bits per heavy atom. The molecule has 4 nitrogen and oxygen atoms in total. The number of carbonyl (C=O) groups is 3. The van der Waals surface area contributed by atoms with Crippen LogP contribution in [-0.2, 0) is 14.4 Å². The molecule has 0 aliphatic carbocycles. The number of carboxylic acids is 1. The fourth-order valence-electron chi connectivity index (χ4n) is 0.651. The highest BCUT2D eigenvalue weighted by Crippen LogP contribution is 1.99. The second-order valence-electron chi connectivity index (χ2n) is 4.12. The van der Waals surface area contributed by atoms with Gasteiger partial charge in [0.25, 0.3) is 0 Å². The van der Waals surface area contributed by atoms with Crippen LogP contribution in [0.25, 0.3) is 0 Å². The van der Waals surface area contributed by atoms with E-state index in [0.29, 0.717) is 12.3 Å². The Hall–Kier alpha value is -1.19. The Morgan fingerprint density at radius 2 is 1.60 bits per heavy atom. The molecule has 0 aromatic heterocycles. The summed E-state index contributed by atoms with van der Waals surface area (Å²) in [6, 6.07) is 0. The van der Waals surface area contributed by atoms with Gasteiger partial charge in [-0.1, -0.05) is 27.7 Å². The summed E-state index contributed by atoms with van der Waals surface area (Å²) < 4.78 is 0. The first-order valence-electron chi connectivity index (χ1n) is 5.01. The number of rotatable bonds is 5. The second kappa shape index (κ2) is 9.37. The van der Waals surface area contributed by atoms with Crippen molar-refractivity contribution in [2.24, 2.45) is 11.8 Å². The number of hydrogen-bond donors (Lipinski definition) is 1. The van der Waals surface area contributed by atoms with Gasteiger partial charge in [0.15, 0.2) is 0 Å². The second-order valence-corrected chi connectivity index (χ2v) is 4.12. The van der Waals surface area contributed by atoms with E-state index in [-0.39, 0.29) is 12.3 Å². The van der Waals surface area contributed by atoms with Crippen molar-refractivity contribution in [1.29, 1.82) is 0 Å². The monoisotopic (exact) mass is 216 g/mol. The van der Waals surface area contributed by atoms with Gasteiger partial charge in [0.1, 0.15) is 6.29 Å². The first-order chi connectivity index (χ1) is 6.81. The largest absolute Gasteiger partial charge is 0.476 e. The summed E-state index contributed by atoms with van der Waals surface area (Å²) in [5.41, 5.74) is 0. The van der Waals surface area contributed by atoms with E-state index in [1.807, 2.05) is 13.8 Å². The van der Waals surface area contributed by atoms with Crippen LogP contribution in [0.3, 0.4) is 0 Å². The number of hydrogen-bond acceptors (Lipinski definition) is 3. The summed E-state index contributed by atoms with van der Waals surface area (Å²) >= 11 is 0. The summed E-state index contributed by atoms with van der Waals surface area (Å²) in [7, 11) is 0. The lowest BCUT2D eigenvalue weighted by molar-refractivity contribution is -0.149. The quantitative estimate of drug-likeness (QED) is 0.563. The molecule has 0 fully saturated rings. The summed E-state index contributed by atoms with van der Waals surface area (Å²) in [4.78, 5) is 29.9. The van der Waals surface area contributed by atoms with Crippen LogP contribution >= 0.6 is 0 Å². The minimum atomic E-state index is -1.33. The van der Waals surface area contributed by atoms with Gasteiger partial charge in [-0.2, -0.15) is 0 Å². The smallest absolute Gasteiger partial charge is 0.372 e. The Labute approximate surface area is 90.7 Å². The van der Waals surface area contributed by atoms with Crippen molar-refractivity contribution in [2.75, 3.05) is 0 Å². The van der Waals surface area contributed by atoms with E-state index in [2.05, 4.69) is 0 Å². The van der Waals surface area contributed by atoms with Gasteiger partial charge in [0, 0.05) is 12.8 Å². The molecular weight excluding hydrogens is 196 g/mol. The van der Waals surface area contributed by atoms with Crippen molar-refractivity contribution in [1.82, 2.24) is 0 Å². The SMILES string of the molecule is CC(C)CC(=O)C(=O)O.CC(C)CC=O. The van der Waals surface area contributed by atoms with Crippen molar-refractivity contribution >= 4 is 18.0 Å². The zero-order chi connectivity index (χ0) is 12.4. The molecule has 0 aliphatic rings. The van der Waals surface area contributed by atoms with Crippen LogP contribution in [0.1, 0.15) is 40.5 Å². The van der Waals surface area contributed by atoms with Crippen molar-refractivity contribution in [3.63, 3.8) is 0 Å². The maximum Gasteiger partial charge on any atom is 0.372 e. The number of aliphatic carboxylic acids is 1. The summed E-state index contributed by atoms with van der Waals surface area (Å²) in [6.07, 6.45) is 1.78. The molecule has 0 amide bonds. The zero-order valence-corrected chi connectivity index (χ0v) is 9.82. The molecule has 0 aromatic rings. The molecule has 0 rings (SSSR count). The average Bonchev–Trinajstić information content (AvgIpc) is 2.03. The third-order valence-corrected chi connectivity index (χ3v) is 1.40. The predicted molar refractivity (Wildman–Crippen MR) is 57.6 cm³/mol. The van der Waals surface area contributed by atoms with Gasteiger partial charge in [-0.05, 0) is 11.8 Å². The number of aldehydes is 1. The molecule has 0 aromatic carbocycles. The van der Waals surface area contributed by atoms with Crippen LogP contribution in [0, 0.1) is 11.8 Å². The zero-order valence-electron chi connectivity index (χ0n) is 9.82. The molecule has 0 saturated heterocycles. The van der Waals surface area contributed by atoms with Crippen LogP contribution in [0.2, 0.25) is 0 Å². The van der Waals surface area contributed by atoms with Gasteiger partial charge in [0.05, 0.1) is 0 Å². The molecule has 0 saturated carbocycles. The fourth-order valence-corrected chi connectivity index (χ4v) is 0.651.